The fraction of sp³-hybridized carbons (Fsp3) is 0.167. The summed E-state index contributed by atoms with van der Waals surface area (Å²) in [7, 11) is -2.41. The summed E-state index contributed by atoms with van der Waals surface area (Å²) in [5.74, 6) is 8.60. The van der Waals surface area contributed by atoms with Gasteiger partial charge in [-0.2, -0.15) is 11.8 Å². The van der Waals surface area contributed by atoms with Crippen molar-refractivity contribution in [2.45, 2.75) is 4.90 Å². The van der Waals surface area contributed by atoms with Crippen LogP contribution in [0.4, 0.5) is 0 Å². The Labute approximate surface area is 181 Å². The van der Waals surface area contributed by atoms with E-state index in [0.717, 1.165) is 0 Å². The Kier molecular flexibility index (Phi) is 6.10. The van der Waals surface area contributed by atoms with Gasteiger partial charge in [-0.3, -0.25) is 0 Å². The van der Waals surface area contributed by atoms with Crippen LogP contribution in [0, 0.1) is 0 Å². The molecule has 0 spiro atoms. The molecule has 0 atom stereocenters. The highest BCUT2D eigenvalue weighted by molar-refractivity contribution is 7.98. The molecule has 4 rings (SSSR count). The van der Waals surface area contributed by atoms with E-state index in [2.05, 4.69) is 26.2 Å². The third-order valence-electron chi connectivity index (χ3n) is 4.49. The molecular weight excluding hydrogens is 449 g/mol. The number of ether oxygens (including phenoxy) is 3. The van der Waals surface area contributed by atoms with Crippen LogP contribution >= 0.6 is 19.6 Å². The normalized spacial score (nSPS) is 12.8. The predicted molar refractivity (Wildman–Crippen MR) is 108 cm³/mol. The number of rotatable bonds is 8. The summed E-state index contributed by atoms with van der Waals surface area (Å²) in [6, 6.07) is 8.90. The van der Waals surface area contributed by atoms with Gasteiger partial charge in [0.25, 0.3) is 0 Å². The number of hydrogen-bond acceptors (Lipinski definition) is 10. The Morgan fingerprint density at radius 2 is 1.87 bits per heavy atom. The minimum atomic E-state index is -3.95. The summed E-state index contributed by atoms with van der Waals surface area (Å²) in [6.45, 7) is 0.109. The highest BCUT2D eigenvalue weighted by Gasteiger charge is 2.34. The van der Waals surface area contributed by atoms with Gasteiger partial charge in [0.05, 0.1) is 13.3 Å². The number of benzene rings is 2. The first kappa shape index (κ1) is 21.5. The van der Waals surface area contributed by atoms with Crippen LogP contribution in [0.2, 0.25) is 0 Å². The van der Waals surface area contributed by atoms with Gasteiger partial charge in [0.2, 0.25) is 12.5 Å². The molecule has 164 valence electrons. The monoisotopic (exact) mass is 469 g/mol. The first-order valence-corrected chi connectivity index (χ1v) is 11.5. The minimum absolute atomic E-state index is 0.109. The van der Waals surface area contributed by atoms with Gasteiger partial charge in [-0.15, -0.1) is 11.8 Å². The molecule has 0 unspecified atom stereocenters. The molecule has 0 amide bonds. The molecule has 3 aromatic rings. The maximum absolute atomic E-state index is 12.4. The first-order chi connectivity index (χ1) is 15.0. The molecule has 13 heteroatoms. The van der Waals surface area contributed by atoms with Crippen LogP contribution in [0.1, 0.15) is 0 Å². The average molecular weight is 469 g/mol. The number of quaternary nitrogens is 2. The van der Waals surface area contributed by atoms with E-state index in [-0.39, 0.29) is 12.5 Å². The highest BCUT2D eigenvalue weighted by Crippen LogP contribution is 2.49. The molecule has 0 saturated heterocycles. The lowest BCUT2D eigenvalue weighted by molar-refractivity contribution is -0.682. The van der Waals surface area contributed by atoms with Crippen molar-refractivity contribution >= 4 is 19.6 Å². The molecular formula is C18H20N3O8PS+2. The molecule has 1 aliphatic heterocycles. The summed E-state index contributed by atoms with van der Waals surface area (Å²) in [5.41, 5.74) is 2.04. The van der Waals surface area contributed by atoms with E-state index in [0.29, 0.717) is 44.6 Å². The molecule has 0 saturated carbocycles. The van der Waals surface area contributed by atoms with E-state index in [1.807, 2.05) is 18.4 Å². The Balaban J connectivity index is 1.77. The van der Waals surface area contributed by atoms with Crippen LogP contribution in [0.15, 0.2) is 45.9 Å². The maximum Gasteiger partial charge on any atom is 0.624 e. The lowest BCUT2D eigenvalue weighted by Crippen LogP contribution is -2.54. The second kappa shape index (κ2) is 8.79. The standard InChI is InChI=1S/C18H20N3O8PS/c1-23-14-6-11(7-15-18(14)25-9-24-15)17-12(8-21-26-17)10-3-4-16(31-2)13(5-10)27-30(22,28-19)29-20/h3-8H,9H2,1-2,19-20H3/q+2. The number of hydrogen-bond donors (Lipinski definition) is 2. The van der Waals surface area contributed by atoms with Crippen molar-refractivity contribution in [3.63, 3.8) is 0 Å². The molecule has 11 nitrogen and oxygen atoms in total. The molecule has 0 aliphatic carbocycles. The van der Waals surface area contributed by atoms with Crippen LogP contribution in [0.5, 0.6) is 23.0 Å². The van der Waals surface area contributed by atoms with Gasteiger partial charge in [0.15, 0.2) is 17.3 Å². The molecule has 31 heavy (non-hydrogen) atoms. The second-order valence-corrected chi connectivity index (χ2v) is 8.58. The van der Waals surface area contributed by atoms with E-state index in [1.165, 1.54) is 11.8 Å². The van der Waals surface area contributed by atoms with Gasteiger partial charge >= 0.3 is 7.82 Å². The fourth-order valence-electron chi connectivity index (χ4n) is 3.04. The summed E-state index contributed by atoms with van der Waals surface area (Å²) in [6.07, 6.45) is 3.42. The third kappa shape index (κ3) is 4.09. The quantitative estimate of drug-likeness (QED) is 0.285. The Morgan fingerprint density at radius 3 is 2.58 bits per heavy atom. The van der Waals surface area contributed by atoms with Crippen molar-refractivity contribution < 1.29 is 48.9 Å². The molecule has 6 N–H and O–H groups in total. The smallest absolute Gasteiger partial charge is 0.493 e. The topological polar surface area (TPSA) is 154 Å². The van der Waals surface area contributed by atoms with Crippen molar-refractivity contribution in [3.05, 3.63) is 36.5 Å². The van der Waals surface area contributed by atoms with Crippen LogP contribution in [-0.4, -0.2) is 25.3 Å². The van der Waals surface area contributed by atoms with E-state index in [1.54, 1.807) is 31.5 Å². The summed E-state index contributed by atoms with van der Waals surface area (Å²) < 4.78 is 48.9. The van der Waals surface area contributed by atoms with Gasteiger partial charge < -0.3 is 23.3 Å². The Bertz CT molecular complexity index is 1150. The maximum atomic E-state index is 12.4. The molecule has 1 aromatic heterocycles. The summed E-state index contributed by atoms with van der Waals surface area (Å²) >= 11 is 1.40. The van der Waals surface area contributed by atoms with Crippen molar-refractivity contribution in [3.8, 4) is 45.4 Å². The molecule has 0 fully saturated rings. The highest BCUT2D eigenvalue weighted by atomic mass is 32.2. The zero-order chi connectivity index (χ0) is 22.0. The van der Waals surface area contributed by atoms with Gasteiger partial charge in [0, 0.05) is 16.0 Å². The molecule has 2 heterocycles. The fourth-order valence-corrected chi connectivity index (χ4v) is 4.18. The molecule has 2 aromatic carbocycles. The van der Waals surface area contributed by atoms with Gasteiger partial charge in [0.1, 0.15) is 5.75 Å². The molecule has 0 bridgehead atoms. The van der Waals surface area contributed by atoms with Gasteiger partial charge in [-0.05, 0) is 36.1 Å². The number of phosphoric acid groups is 1. The summed E-state index contributed by atoms with van der Waals surface area (Å²) in [4.78, 5) is 0.709. The van der Waals surface area contributed by atoms with E-state index >= 15 is 0 Å². The SMILES string of the molecule is COc1cc(-c2oncc2-c2ccc(SC)c(OP(=O)(O[NH3+])O[NH3+])c2)cc2c1OCO2. The van der Waals surface area contributed by atoms with Crippen LogP contribution < -0.4 is 30.5 Å². The zero-order valence-corrected chi connectivity index (χ0v) is 18.4. The second-order valence-electron chi connectivity index (χ2n) is 6.14. The van der Waals surface area contributed by atoms with Crippen molar-refractivity contribution in [1.29, 1.82) is 0 Å². The largest absolute Gasteiger partial charge is 0.624 e. The minimum Gasteiger partial charge on any atom is -0.493 e. The van der Waals surface area contributed by atoms with E-state index in [4.69, 9.17) is 23.3 Å². The van der Waals surface area contributed by atoms with Gasteiger partial charge in [-0.25, -0.2) is 4.57 Å². The number of methoxy groups -OCH3 is 1. The first-order valence-electron chi connectivity index (χ1n) is 8.80. The Hall–Kier alpha value is -2.73. The number of aromatic nitrogens is 1. The predicted octanol–water partition coefficient (Wildman–Crippen LogP) is 2.30. The molecule has 0 radical (unpaired) electrons. The van der Waals surface area contributed by atoms with Crippen molar-refractivity contribution in [1.82, 2.24) is 5.16 Å². The van der Waals surface area contributed by atoms with Crippen LogP contribution in [0.3, 0.4) is 0 Å². The summed E-state index contributed by atoms with van der Waals surface area (Å²) in [5, 5.41) is 3.95. The number of thioether (sulfide) groups is 1. The van der Waals surface area contributed by atoms with Crippen LogP contribution in [-0.2, 0) is 13.8 Å². The van der Waals surface area contributed by atoms with Gasteiger partial charge in [-0.1, -0.05) is 20.5 Å². The van der Waals surface area contributed by atoms with Crippen molar-refractivity contribution in [2.24, 2.45) is 0 Å². The third-order valence-corrected chi connectivity index (χ3v) is 6.32. The lowest BCUT2D eigenvalue weighted by Gasteiger charge is -2.13. The number of fused-ring (bicyclic) bond motifs is 1. The zero-order valence-electron chi connectivity index (χ0n) is 16.7. The Morgan fingerprint density at radius 1 is 1.10 bits per heavy atom. The van der Waals surface area contributed by atoms with E-state index < -0.39 is 7.82 Å². The van der Waals surface area contributed by atoms with Crippen LogP contribution in [0.25, 0.3) is 22.5 Å². The lowest BCUT2D eigenvalue weighted by atomic mass is 10.0. The van der Waals surface area contributed by atoms with Crippen molar-refractivity contribution in [2.75, 3.05) is 20.2 Å². The molecule has 1 aliphatic rings. The average Bonchev–Trinajstić information content (AvgIpc) is 3.47. The van der Waals surface area contributed by atoms with E-state index in [9.17, 15) is 4.57 Å². The number of nitrogens with zero attached hydrogens (tertiary/aromatic N) is 1.